The lowest BCUT2D eigenvalue weighted by molar-refractivity contribution is -0.115. The van der Waals surface area contributed by atoms with Crippen molar-refractivity contribution < 1.29 is 24.3 Å². The molecule has 0 radical (unpaired) electrons. The molecule has 0 saturated heterocycles. The molecule has 0 aliphatic heterocycles. The second kappa shape index (κ2) is 11.9. The summed E-state index contributed by atoms with van der Waals surface area (Å²) in [5, 5.41) is 14.3. The Morgan fingerprint density at radius 2 is 1.24 bits per heavy atom. The molecule has 0 bridgehead atoms. The Bertz CT molecular complexity index is 1470. The van der Waals surface area contributed by atoms with Gasteiger partial charge in [0.25, 0.3) is 5.91 Å². The van der Waals surface area contributed by atoms with Crippen LogP contribution in [-0.4, -0.2) is 28.8 Å². The van der Waals surface area contributed by atoms with E-state index in [0.29, 0.717) is 16.9 Å². The molecule has 4 aromatic rings. The van der Waals surface area contributed by atoms with E-state index in [1.807, 2.05) is 30.3 Å². The summed E-state index contributed by atoms with van der Waals surface area (Å²) < 4.78 is 0. The van der Waals surface area contributed by atoms with Crippen molar-refractivity contribution in [3.8, 4) is 0 Å². The molecule has 0 fully saturated rings. The number of carboxylic acid groups (broad SMARTS) is 1. The molecular weight excluding hydrogens is 502 g/mol. The molecule has 4 rings (SSSR count). The molecule has 4 aromatic carbocycles. The highest BCUT2D eigenvalue weighted by Crippen LogP contribution is 2.36. The zero-order valence-corrected chi connectivity index (χ0v) is 20.8. The topological polar surface area (TPSA) is 139 Å². The quantitative estimate of drug-likeness (QED) is 0.221. The standard InChI is InChI=1S/C29H23N3O5S/c30-26(33)19-10-12-20(13-11-19)32-28(35)25(18-6-2-1-3-7-18)38-22-16-14-21(15-17-22)31-27(34)23-8-4-5-9-24(23)29(36)37/h1-17,25H,(H2,30,33)(H,31,34)(H,32,35)(H,36,37). The number of primary amides is 1. The Morgan fingerprint density at radius 1 is 0.684 bits per heavy atom. The SMILES string of the molecule is NC(=O)c1ccc(NC(=O)C(Sc2ccc(NC(=O)c3ccccc3C(=O)O)cc2)c2ccccc2)cc1. The molecule has 38 heavy (non-hydrogen) atoms. The average Bonchev–Trinajstić information content (AvgIpc) is 2.93. The van der Waals surface area contributed by atoms with Gasteiger partial charge >= 0.3 is 5.97 Å². The number of benzene rings is 4. The Hall–Kier alpha value is -4.89. The van der Waals surface area contributed by atoms with E-state index in [2.05, 4.69) is 10.6 Å². The van der Waals surface area contributed by atoms with Crippen molar-refractivity contribution in [3.63, 3.8) is 0 Å². The number of rotatable bonds is 9. The monoisotopic (exact) mass is 525 g/mol. The second-order valence-corrected chi connectivity index (χ2v) is 9.35. The van der Waals surface area contributed by atoms with Gasteiger partial charge in [-0.2, -0.15) is 0 Å². The highest BCUT2D eigenvalue weighted by molar-refractivity contribution is 8.00. The van der Waals surface area contributed by atoms with Gasteiger partial charge in [0.1, 0.15) is 5.25 Å². The predicted molar refractivity (Wildman–Crippen MR) is 146 cm³/mol. The maximum absolute atomic E-state index is 13.3. The van der Waals surface area contributed by atoms with Gasteiger partial charge in [0.15, 0.2) is 0 Å². The van der Waals surface area contributed by atoms with Crippen LogP contribution in [0.25, 0.3) is 0 Å². The fourth-order valence-electron chi connectivity index (χ4n) is 3.65. The summed E-state index contributed by atoms with van der Waals surface area (Å²) in [6, 6.07) is 28.5. The van der Waals surface area contributed by atoms with Crippen LogP contribution >= 0.6 is 11.8 Å². The van der Waals surface area contributed by atoms with E-state index in [-0.39, 0.29) is 17.0 Å². The zero-order chi connectivity index (χ0) is 27.1. The molecule has 0 spiro atoms. The molecular formula is C29H23N3O5S. The van der Waals surface area contributed by atoms with Crippen molar-refractivity contribution in [2.24, 2.45) is 5.73 Å². The molecule has 1 atom stereocenters. The summed E-state index contributed by atoms with van der Waals surface area (Å²) in [6.07, 6.45) is 0. The predicted octanol–water partition coefficient (Wildman–Crippen LogP) is 5.21. The van der Waals surface area contributed by atoms with E-state index in [1.165, 1.54) is 23.9 Å². The van der Waals surface area contributed by atoms with Crippen LogP contribution in [0.1, 0.15) is 41.9 Å². The number of hydrogen-bond acceptors (Lipinski definition) is 5. The second-order valence-electron chi connectivity index (χ2n) is 8.17. The number of amides is 3. The number of carboxylic acids is 1. The minimum Gasteiger partial charge on any atom is -0.478 e. The van der Waals surface area contributed by atoms with E-state index < -0.39 is 23.0 Å². The van der Waals surface area contributed by atoms with Crippen molar-refractivity contribution in [2.45, 2.75) is 10.1 Å². The Balaban J connectivity index is 1.49. The molecule has 0 heterocycles. The minimum atomic E-state index is -1.18. The maximum atomic E-state index is 13.3. The van der Waals surface area contributed by atoms with Crippen LogP contribution in [0.3, 0.4) is 0 Å². The van der Waals surface area contributed by atoms with E-state index >= 15 is 0 Å². The molecule has 1 unspecified atom stereocenters. The van der Waals surface area contributed by atoms with Gasteiger partial charge in [-0.1, -0.05) is 42.5 Å². The zero-order valence-electron chi connectivity index (χ0n) is 20.0. The average molecular weight is 526 g/mol. The number of nitrogens with one attached hydrogen (secondary N) is 2. The van der Waals surface area contributed by atoms with Crippen LogP contribution in [0.15, 0.2) is 108 Å². The fraction of sp³-hybridized carbons (Fsp3) is 0.0345. The van der Waals surface area contributed by atoms with Crippen molar-refractivity contribution in [1.82, 2.24) is 0 Å². The summed E-state index contributed by atoms with van der Waals surface area (Å²) in [5.41, 5.74) is 7.41. The van der Waals surface area contributed by atoms with Crippen molar-refractivity contribution >= 4 is 46.8 Å². The largest absolute Gasteiger partial charge is 0.478 e. The Kier molecular flexibility index (Phi) is 8.20. The first-order valence-corrected chi connectivity index (χ1v) is 12.4. The molecule has 190 valence electrons. The number of anilines is 2. The molecule has 3 amide bonds. The van der Waals surface area contributed by atoms with Crippen molar-refractivity contribution in [1.29, 1.82) is 0 Å². The van der Waals surface area contributed by atoms with Crippen molar-refractivity contribution in [3.05, 3.63) is 125 Å². The number of carbonyl (C=O) groups excluding carboxylic acids is 3. The highest BCUT2D eigenvalue weighted by Gasteiger charge is 2.22. The third-order valence-electron chi connectivity index (χ3n) is 5.55. The lowest BCUT2D eigenvalue weighted by Crippen LogP contribution is -2.19. The normalized spacial score (nSPS) is 11.3. The minimum absolute atomic E-state index is 0.0584. The molecule has 0 aromatic heterocycles. The van der Waals surface area contributed by atoms with Gasteiger partial charge in [-0.15, -0.1) is 11.8 Å². The third-order valence-corrected chi connectivity index (χ3v) is 6.81. The van der Waals surface area contributed by atoms with Gasteiger partial charge in [0.05, 0.1) is 11.1 Å². The van der Waals surface area contributed by atoms with E-state index in [0.717, 1.165) is 10.5 Å². The summed E-state index contributed by atoms with van der Waals surface area (Å²) >= 11 is 1.33. The Labute approximate surface area is 222 Å². The van der Waals surface area contributed by atoms with Crippen LogP contribution in [-0.2, 0) is 4.79 Å². The Morgan fingerprint density at radius 3 is 1.84 bits per heavy atom. The summed E-state index contributed by atoms with van der Waals surface area (Å²) in [4.78, 5) is 49.4. The molecule has 0 aliphatic rings. The van der Waals surface area contributed by atoms with Crippen LogP contribution in [0.4, 0.5) is 11.4 Å². The number of thioether (sulfide) groups is 1. The molecule has 9 heteroatoms. The lowest BCUT2D eigenvalue weighted by Gasteiger charge is -2.17. The number of nitrogens with two attached hydrogens (primary N) is 1. The van der Waals surface area contributed by atoms with Crippen LogP contribution < -0.4 is 16.4 Å². The smallest absolute Gasteiger partial charge is 0.336 e. The fourth-order valence-corrected chi connectivity index (χ4v) is 4.67. The highest BCUT2D eigenvalue weighted by atomic mass is 32.2. The van der Waals surface area contributed by atoms with E-state index in [9.17, 15) is 24.3 Å². The van der Waals surface area contributed by atoms with E-state index in [1.54, 1.807) is 60.7 Å². The van der Waals surface area contributed by atoms with Crippen LogP contribution in [0.2, 0.25) is 0 Å². The first-order chi connectivity index (χ1) is 18.3. The van der Waals surface area contributed by atoms with Gasteiger partial charge in [-0.05, 0) is 66.2 Å². The molecule has 0 aliphatic carbocycles. The van der Waals surface area contributed by atoms with Crippen molar-refractivity contribution in [2.75, 3.05) is 10.6 Å². The van der Waals surface area contributed by atoms with Gasteiger partial charge in [-0.25, -0.2) is 4.79 Å². The summed E-state index contributed by atoms with van der Waals surface area (Å²) in [7, 11) is 0. The number of hydrogen-bond donors (Lipinski definition) is 4. The molecule has 5 N–H and O–H groups in total. The number of aromatic carboxylic acids is 1. The molecule has 0 saturated carbocycles. The summed E-state index contributed by atoms with van der Waals surface area (Å²) in [6.45, 7) is 0. The van der Waals surface area contributed by atoms with Gasteiger partial charge < -0.3 is 21.5 Å². The van der Waals surface area contributed by atoms with Gasteiger partial charge in [0, 0.05) is 21.8 Å². The lowest BCUT2D eigenvalue weighted by atomic mass is 10.1. The van der Waals surface area contributed by atoms with Gasteiger partial charge in [0.2, 0.25) is 11.8 Å². The maximum Gasteiger partial charge on any atom is 0.336 e. The first-order valence-electron chi connectivity index (χ1n) is 11.5. The third kappa shape index (κ3) is 6.45. The summed E-state index contributed by atoms with van der Waals surface area (Å²) in [5.74, 6) is -2.52. The first kappa shape index (κ1) is 26.2. The van der Waals surface area contributed by atoms with Crippen LogP contribution in [0.5, 0.6) is 0 Å². The molecule has 8 nitrogen and oxygen atoms in total. The van der Waals surface area contributed by atoms with E-state index in [4.69, 9.17) is 5.73 Å². The van der Waals surface area contributed by atoms with Gasteiger partial charge in [-0.3, -0.25) is 14.4 Å². The van der Waals surface area contributed by atoms with Crippen LogP contribution in [0, 0.1) is 0 Å². The number of carbonyl (C=O) groups is 4.